The summed E-state index contributed by atoms with van der Waals surface area (Å²) in [5.74, 6) is 0.661. The van der Waals surface area contributed by atoms with Crippen LogP contribution >= 0.6 is 0 Å². The van der Waals surface area contributed by atoms with Gasteiger partial charge in [0.1, 0.15) is 18.0 Å². The monoisotopic (exact) mass is 366 g/mol. The average molecular weight is 366 g/mol. The highest BCUT2D eigenvalue weighted by Gasteiger charge is 2.10. The first-order valence-corrected chi connectivity index (χ1v) is 8.82. The lowest BCUT2D eigenvalue weighted by atomic mass is 10.2. The Morgan fingerprint density at radius 1 is 1.15 bits per heavy atom. The first-order valence-electron chi connectivity index (χ1n) is 8.82. The molecule has 0 amide bonds. The SMILES string of the molecule is Cc1cccc2nc(COC(=O)c3ccc(OCC(C)C)cc3)cc(=O)n12. The molecule has 0 N–H and O–H groups in total. The fraction of sp³-hybridized carbons (Fsp3) is 0.286. The van der Waals surface area contributed by atoms with Crippen molar-refractivity contribution in [2.45, 2.75) is 27.4 Å². The van der Waals surface area contributed by atoms with Crippen molar-refractivity contribution in [3.63, 3.8) is 0 Å². The van der Waals surface area contributed by atoms with Gasteiger partial charge in [-0.2, -0.15) is 0 Å². The second-order valence-electron chi connectivity index (χ2n) is 6.75. The number of fused-ring (bicyclic) bond motifs is 1. The topological polar surface area (TPSA) is 69.9 Å². The van der Waals surface area contributed by atoms with Crippen LogP contribution in [-0.2, 0) is 11.3 Å². The van der Waals surface area contributed by atoms with E-state index in [-0.39, 0.29) is 12.2 Å². The Bertz CT molecular complexity index is 1010. The second kappa shape index (κ2) is 8.03. The number of rotatable bonds is 6. The van der Waals surface area contributed by atoms with Gasteiger partial charge >= 0.3 is 5.97 Å². The van der Waals surface area contributed by atoms with Gasteiger partial charge in [-0.25, -0.2) is 9.78 Å². The van der Waals surface area contributed by atoms with Crippen LogP contribution in [0.3, 0.4) is 0 Å². The molecule has 0 spiro atoms. The smallest absolute Gasteiger partial charge is 0.338 e. The van der Waals surface area contributed by atoms with E-state index < -0.39 is 5.97 Å². The molecule has 2 heterocycles. The fourth-order valence-corrected chi connectivity index (χ4v) is 2.61. The summed E-state index contributed by atoms with van der Waals surface area (Å²) in [6.07, 6.45) is 0. The second-order valence-corrected chi connectivity index (χ2v) is 6.75. The number of esters is 1. The molecule has 2 aromatic heterocycles. The quantitative estimate of drug-likeness (QED) is 0.626. The molecule has 1 aromatic carbocycles. The fourth-order valence-electron chi connectivity index (χ4n) is 2.61. The van der Waals surface area contributed by atoms with Crippen LogP contribution in [0.5, 0.6) is 5.75 Å². The van der Waals surface area contributed by atoms with E-state index >= 15 is 0 Å². The van der Waals surface area contributed by atoms with Gasteiger partial charge in [-0.05, 0) is 49.2 Å². The van der Waals surface area contributed by atoms with Crippen molar-refractivity contribution in [2.75, 3.05) is 6.61 Å². The zero-order valence-electron chi connectivity index (χ0n) is 15.6. The molecule has 0 aliphatic heterocycles. The number of carbonyl (C=O) groups is 1. The maximum atomic E-state index is 12.3. The molecule has 6 heteroatoms. The normalized spacial score (nSPS) is 11.0. The highest BCUT2D eigenvalue weighted by atomic mass is 16.5. The molecule has 0 bridgehead atoms. The van der Waals surface area contributed by atoms with Crippen LogP contribution in [0.1, 0.15) is 35.6 Å². The van der Waals surface area contributed by atoms with Crippen molar-refractivity contribution < 1.29 is 14.3 Å². The van der Waals surface area contributed by atoms with E-state index in [9.17, 15) is 9.59 Å². The Morgan fingerprint density at radius 3 is 2.59 bits per heavy atom. The van der Waals surface area contributed by atoms with Crippen LogP contribution in [0, 0.1) is 12.8 Å². The van der Waals surface area contributed by atoms with E-state index in [1.807, 2.05) is 19.1 Å². The Morgan fingerprint density at radius 2 is 1.89 bits per heavy atom. The van der Waals surface area contributed by atoms with Crippen LogP contribution in [0.25, 0.3) is 5.65 Å². The Hall–Kier alpha value is -3.15. The first-order chi connectivity index (χ1) is 12.9. The Balaban J connectivity index is 1.67. The van der Waals surface area contributed by atoms with E-state index in [0.717, 1.165) is 5.69 Å². The molecule has 0 unspecified atom stereocenters. The van der Waals surface area contributed by atoms with Crippen molar-refractivity contribution in [1.29, 1.82) is 0 Å². The molecule has 0 aliphatic rings. The van der Waals surface area contributed by atoms with E-state index in [1.165, 1.54) is 10.5 Å². The number of aryl methyl sites for hydroxylation is 1. The van der Waals surface area contributed by atoms with Crippen molar-refractivity contribution in [3.8, 4) is 5.75 Å². The molecule has 3 aromatic rings. The first kappa shape index (κ1) is 18.6. The van der Waals surface area contributed by atoms with Gasteiger partial charge in [0.05, 0.1) is 17.9 Å². The summed E-state index contributed by atoms with van der Waals surface area (Å²) in [6.45, 7) is 6.53. The number of benzene rings is 1. The van der Waals surface area contributed by atoms with Crippen molar-refractivity contribution in [2.24, 2.45) is 5.92 Å². The number of carbonyl (C=O) groups excluding carboxylic acids is 1. The van der Waals surface area contributed by atoms with Crippen LogP contribution in [-0.4, -0.2) is 22.0 Å². The lowest BCUT2D eigenvalue weighted by Gasteiger charge is -2.09. The van der Waals surface area contributed by atoms with Gasteiger partial charge < -0.3 is 9.47 Å². The zero-order chi connectivity index (χ0) is 19.4. The summed E-state index contributed by atoms with van der Waals surface area (Å²) in [7, 11) is 0. The van der Waals surface area contributed by atoms with E-state index in [4.69, 9.17) is 9.47 Å². The highest BCUT2D eigenvalue weighted by molar-refractivity contribution is 5.89. The Labute approximate surface area is 157 Å². The van der Waals surface area contributed by atoms with Gasteiger partial charge in [0.15, 0.2) is 0 Å². The summed E-state index contributed by atoms with van der Waals surface area (Å²) < 4.78 is 12.4. The van der Waals surface area contributed by atoms with Gasteiger partial charge in [0, 0.05) is 11.8 Å². The third-order valence-corrected chi connectivity index (χ3v) is 3.96. The number of hydrogen-bond donors (Lipinski definition) is 0. The Kier molecular flexibility index (Phi) is 5.54. The van der Waals surface area contributed by atoms with Crippen LogP contribution in [0.15, 0.2) is 53.3 Å². The van der Waals surface area contributed by atoms with Crippen molar-refractivity contribution in [1.82, 2.24) is 9.38 Å². The highest BCUT2D eigenvalue weighted by Crippen LogP contribution is 2.14. The van der Waals surface area contributed by atoms with E-state index in [1.54, 1.807) is 30.3 Å². The van der Waals surface area contributed by atoms with Crippen LogP contribution in [0.2, 0.25) is 0 Å². The maximum absolute atomic E-state index is 12.3. The molecule has 0 radical (unpaired) electrons. The van der Waals surface area contributed by atoms with Gasteiger partial charge in [0.2, 0.25) is 0 Å². The number of aromatic nitrogens is 2. The largest absolute Gasteiger partial charge is 0.493 e. The third kappa shape index (κ3) is 4.53. The number of pyridine rings is 1. The molecule has 27 heavy (non-hydrogen) atoms. The van der Waals surface area contributed by atoms with E-state index in [0.29, 0.717) is 35.2 Å². The minimum Gasteiger partial charge on any atom is -0.493 e. The zero-order valence-corrected chi connectivity index (χ0v) is 15.6. The standard InChI is InChI=1S/C21H22N2O4/c1-14(2)12-26-18-9-7-16(8-10-18)21(25)27-13-17-11-20(24)23-15(3)5-4-6-19(23)22-17/h4-11,14H,12-13H2,1-3H3. The average Bonchev–Trinajstić information content (AvgIpc) is 2.64. The molecule has 140 valence electrons. The van der Waals surface area contributed by atoms with Crippen LogP contribution in [0.4, 0.5) is 0 Å². The maximum Gasteiger partial charge on any atom is 0.338 e. The summed E-state index contributed by atoms with van der Waals surface area (Å²) in [4.78, 5) is 28.9. The van der Waals surface area contributed by atoms with Crippen molar-refractivity contribution >= 4 is 11.6 Å². The summed E-state index contributed by atoms with van der Waals surface area (Å²) in [6, 6.07) is 13.6. The third-order valence-electron chi connectivity index (χ3n) is 3.96. The molecular formula is C21H22N2O4. The van der Waals surface area contributed by atoms with Crippen molar-refractivity contribution in [3.05, 3.63) is 75.8 Å². The van der Waals surface area contributed by atoms with Crippen LogP contribution < -0.4 is 10.3 Å². The lowest BCUT2D eigenvalue weighted by Crippen LogP contribution is -2.18. The molecule has 3 rings (SSSR count). The van der Waals surface area contributed by atoms with Gasteiger partial charge in [-0.3, -0.25) is 9.20 Å². The minimum atomic E-state index is -0.475. The molecule has 0 fully saturated rings. The van der Waals surface area contributed by atoms with E-state index in [2.05, 4.69) is 18.8 Å². The summed E-state index contributed by atoms with van der Waals surface area (Å²) >= 11 is 0. The molecular weight excluding hydrogens is 344 g/mol. The predicted molar refractivity (Wildman–Crippen MR) is 102 cm³/mol. The summed E-state index contributed by atoms with van der Waals surface area (Å²) in [5.41, 5.74) is 1.96. The number of ether oxygens (including phenoxy) is 2. The van der Waals surface area contributed by atoms with Gasteiger partial charge in [0.25, 0.3) is 5.56 Å². The molecule has 0 aliphatic carbocycles. The molecule has 0 atom stereocenters. The number of hydrogen-bond acceptors (Lipinski definition) is 5. The predicted octanol–water partition coefficient (Wildman–Crippen LogP) is 3.39. The van der Waals surface area contributed by atoms with Gasteiger partial charge in [-0.1, -0.05) is 19.9 Å². The molecule has 0 saturated heterocycles. The minimum absolute atomic E-state index is 0.0654. The molecule has 0 saturated carbocycles. The number of nitrogens with zero attached hydrogens (tertiary/aromatic N) is 2. The molecule has 6 nitrogen and oxygen atoms in total. The van der Waals surface area contributed by atoms with Gasteiger partial charge in [-0.15, -0.1) is 0 Å². The lowest BCUT2D eigenvalue weighted by molar-refractivity contribution is 0.0467. The summed E-state index contributed by atoms with van der Waals surface area (Å²) in [5, 5.41) is 0.